The number of nitrogens with zero attached hydrogens (tertiary/aromatic N) is 1. The first-order valence-corrected chi connectivity index (χ1v) is 7.09. The Morgan fingerprint density at radius 2 is 2.15 bits per heavy atom. The lowest BCUT2D eigenvalue weighted by Gasteiger charge is -2.05. The van der Waals surface area contributed by atoms with Crippen LogP contribution in [0, 0.1) is 10.1 Å². The van der Waals surface area contributed by atoms with E-state index in [1.807, 2.05) is 12.1 Å². The Labute approximate surface area is 126 Å². The lowest BCUT2D eigenvalue weighted by Crippen LogP contribution is -2.22. The minimum atomic E-state index is -0.734. The number of nitrogens with one attached hydrogen (secondary N) is 1. The third-order valence-corrected chi connectivity index (χ3v) is 4.13. The Hall–Kier alpha value is -1.93. The fraction of sp³-hybridized carbons (Fsp3) is 0.0833. The van der Waals surface area contributed by atoms with E-state index in [4.69, 9.17) is 0 Å². The van der Waals surface area contributed by atoms with E-state index < -0.39 is 22.3 Å². The largest absolute Gasteiger partial charge is 0.502 e. The lowest BCUT2D eigenvalue weighted by atomic mass is 10.1. The maximum atomic E-state index is 11.9. The standard InChI is InChI=1S/C12H9BrN2O4S/c13-10-5-4-7(20-10)6-14-12(17)8-2-1-3-9(11(8)16)15(18)19/h1-5,16H,6H2,(H,14,17). The fourth-order valence-electron chi connectivity index (χ4n) is 1.57. The van der Waals surface area contributed by atoms with E-state index in [9.17, 15) is 20.0 Å². The molecule has 1 amide bonds. The number of carbonyl (C=O) groups is 1. The predicted octanol–water partition coefficient (Wildman–Crippen LogP) is 3.05. The number of nitro groups is 1. The summed E-state index contributed by atoms with van der Waals surface area (Å²) in [6.07, 6.45) is 0. The lowest BCUT2D eigenvalue weighted by molar-refractivity contribution is -0.385. The van der Waals surface area contributed by atoms with Gasteiger partial charge in [-0.05, 0) is 34.1 Å². The zero-order valence-corrected chi connectivity index (χ0v) is 12.4. The molecule has 0 aliphatic heterocycles. The molecule has 2 aromatic rings. The Morgan fingerprint density at radius 3 is 2.75 bits per heavy atom. The van der Waals surface area contributed by atoms with Crippen LogP contribution in [-0.2, 0) is 6.54 Å². The summed E-state index contributed by atoms with van der Waals surface area (Å²) in [7, 11) is 0. The molecule has 0 fully saturated rings. The van der Waals surface area contributed by atoms with Gasteiger partial charge in [0.15, 0.2) is 0 Å². The predicted molar refractivity (Wildman–Crippen MR) is 78.0 cm³/mol. The number of para-hydroxylation sites is 1. The van der Waals surface area contributed by atoms with Gasteiger partial charge < -0.3 is 10.4 Å². The van der Waals surface area contributed by atoms with E-state index in [1.54, 1.807) is 0 Å². The normalized spacial score (nSPS) is 10.2. The summed E-state index contributed by atoms with van der Waals surface area (Å²) >= 11 is 4.78. The number of aromatic hydroxyl groups is 1. The summed E-state index contributed by atoms with van der Waals surface area (Å²) in [6, 6.07) is 7.54. The quantitative estimate of drug-likeness (QED) is 0.650. The van der Waals surface area contributed by atoms with Crippen molar-refractivity contribution in [3.8, 4) is 5.75 Å². The summed E-state index contributed by atoms with van der Waals surface area (Å²) in [5, 5.41) is 23.0. The maximum absolute atomic E-state index is 11.9. The van der Waals surface area contributed by atoms with Crippen molar-refractivity contribution in [2.75, 3.05) is 0 Å². The number of nitro benzene ring substituents is 1. The highest BCUT2D eigenvalue weighted by Gasteiger charge is 2.20. The molecule has 1 heterocycles. The molecular formula is C12H9BrN2O4S. The summed E-state index contributed by atoms with van der Waals surface area (Å²) in [4.78, 5) is 22.8. The third-order valence-electron chi connectivity index (χ3n) is 2.51. The van der Waals surface area contributed by atoms with Gasteiger partial charge in [-0.2, -0.15) is 0 Å². The molecule has 0 saturated carbocycles. The van der Waals surface area contributed by atoms with Crippen molar-refractivity contribution < 1.29 is 14.8 Å². The van der Waals surface area contributed by atoms with Crippen LogP contribution in [0.4, 0.5) is 5.69 Å². The van der Waals surface area contributed by atoms with E-state index in [0.717, 1.165) is 14.7 Å². The van der Waals surface area contributed by atoms with Gasteiger partial charge in [0.1, 0.15) is 0 Å². The zero-order chi connectivity index (χ0) is 14.7. The second-order valence-electron chi connectivity index (χ2n) is 3.82. The van der Waals surface area contributed by atoms with Crippen molar-refractivity contribution in [1.82, 2.24) is 5.32 Å². The third kappa shape index (κ3) is 3.14. The first-order valence-electron chi connectivity index (χ1n) is 5.48. The summed E-state index contributed by atoms with van der Waals surface area (Å²) < 4.78 is 0.944. The van der Waals surface area contributed by atoms with Gasteiger partial charge in [-0.3, -0.25) is 14.9 Å². The number of halogens is 1. The Morgan fingerprint density at radius 1 is 1.40 bits per heavy atom. The molecule has 0 aliphatic rings. The number of rotatable bonds is 4. The SMILES string of the molecule is O=C(NCc1ccc(Br)s1)c1cccc([N+](=O)[O-])c1O. The van der Waals surface area contributed by atoms with Crippen LogP contribution >= 0.6 is 27.3 Å². The van der Waals surface area contributed by atoms with Crippen molar-refractivity contribution in [3.05, 3.63) is 54.7 Å². The highest BCUT2D eigenvalue weighted by molar-refractivity contribution is 9.11. The number of carbonyl (C=O) groups excluding carboxylic acids is 1. The molecule has 0 saturated heterocycles. The number of hydrogen-bond donors (Lipinski definition) is 2. The van der Waals surface area contributed by atoms with Gasteiger partial charge in [-0.15, -0.1) is 11.3 Å². The van der Waals surface area contributed by atoms with Crippen LogP contribution in [0.15, 0.2) is 34.1 Å². The molecule has 1 aromatic carbocycles. The van der Waals surface area contributed by atoms with Gasteiger partial charge in [0.2, 0.25) is 5.75 Å². The number of benzene rings is 1. The van der Waals surface area contributed by atoms with E-state index in [0.29, 0.717) is 0 Å². The topological polar surface area (TPSA) is 92.5 Å². The highest BCUT2D eigenvalue weighted by atomic mass is 79.9. The molecule has 0 unspecified atom stereocenters. The molecule has 0 radical (unpaired) electrons. The monoisotopic (exact) mass is 356 g/mol. The van der Waals surface area contributed by atoms with Crippen molar-refractivity contribution in [1.29, 1.82) is 0 Å². The summed E-state index contributed by atoms with van der Waals surface area (Å²) in [5.74, 6) is -1.18. The molecule has 0 atom stereocenters. The molecular weight excluding hydrogens is 348 g/mol. The molecule has 0 bridgehead atoms. The fourth-order valence-corrected chi connectivity index (χ4v) is 2.99. The van der Waals surface area contributed by atoms with Gasteiger partial charge >= 0.3 is 5.69 Å². The van der Waals surface area contributed by atoms with Crippen LogP contribution in [0.3, 0.4) is 0 Å². The molecule has 8 heteroatoms. The second-order valence-corrected chi connectivity index (χ2v) is 6.37. The molecule has 6 nitrogen and oxygen atoms in total. The molecule has 2 rings (SSSR count). The average Bonchev–Trinajstić information content (AvgIpc) is 2.81. The van der Waals surface area contributed by atoms with Gasteiger partial charge in [0.25, 0.3) is 5.91 Å². The van der Waals surface area contributed by atoms with E-state index in [-0.39, 0.29) is 12.1 Å². The minimum absolute atomic E-state index is 0.116. The Balaban J connectivity index is 2.13. The summed E-state index contributed by atoms with van der Waals surface area (Å²) in [5.41, 5.74) is -0.605. The number of phenolic OH excluding ortho intramolecular Hbond substituents is 1. The molecule has 0 aliphatic carbocycles. The number of hydrogen-bond acceptors (Lipinski definition) is 5. The van der Waals surface area contributed by atoms with Gasteiger partial charge in [-0.25, -0.2) is 0 Å². The van der Waals surface area contributed by atoms with Crippen LogP contribution in [0.2, 0.25) is 0 Å². The smallest absolute Gasteiger partial charge is 0.311 e. The molecule has 1 aromatic heterocycles. The molecule has 104 valence electrons. The second kappa shape index (κ2) is 6.02. The van der Waals surface area contributed by atoms with Crippen LogP contribution in [0.1, 0.15) is 15.2 Å². The Kier molecular flexibility index (Phi) is 4.35. The van der Waals surface area contributed by atoms with Crippen LogP contribution in [-0.4, -0.2) is 15.9 Å². The molecule has 20 heavy (non-hydrogen) atoms. The highest BCUT2D eigenvalue weighted by Crippen LogP contribution is 2.29. The van der Waals surface area contributed by atoms with Gasteiger partial charge in [-0.1, -0.05) is 6.07 Å². The van der Waals surface area contributed by atoms with Crippen molar-refractivity contribution in [2.45, 2.75) is 6.54 Å². The van der Waals surface area contributed by atoms with Crippen LogP contribution in [0.5, 0.6) is 5.75 Å². The first-order chi connectivity index (χ1) is 9.49. The molecule has 2 N–H and O–H groups in total. The van der Waals surface area contributed by atoms with Gasteiger partial charge in [0.05, 0.1) is 20.8 Å². The van der Waals surface area contributed by atoms with Crippen molar-refractivity contribution in [3.63, 3.8) is 0 Å². The van der Waals surface area contributed by atoms with Crippen LogP contribution in [0.25, 0.3) is 0 Å². The van der Waals surface area contributed by atoms with Crippen molar-refractivity contribution in [2.24, 2.45) is 0 Å². The zero-order valence-electron chi connectivity index (χ0n) is 10.00. The minimum Gasteiger partial charge on any atom is -0.502 e. The molecule has 0 spiro atoms. The first kappa shape index (κ1) is 14.5. The number of thiophene rings is 1. The van der Waals surface area contributed by atoms with E-state index in [1.165, 1.54) is 23.5 Å². The summed E-state index contributed by atoms with van der Waals surface area (Å²) in [6.45, 7) is 0.289. The average molecular weight is 357 g/mol. The van der Waals surface area contributed by atoms with E-state index >= 15 is 0 Å². The number of phenols is 1. The van der Waals surface area contributed by atoms with E-state index in [2.05, 4.69) is 21.2 Å². The van der Waals surface area contributed by atoms with Gasteiger partial charge in [0, 0.05) is 10.9 Å². The number of amides is 1. The maximum Gasteiger partial charge on any atom is 0.311 e. The van der Waals surface area contributed by atoms with Crippen LogP contribution < -0.4 is 5.32 Å². The van der Waals surface area contributed by atoms with Crippen molar-refractivity contribution >= 4 is 38.9 Å². The Bertz CT molecular complexity index is 671.